The van der Waals surface area contributed by atoms with Gasteiger partial charge in [0.1, 0.15) is 11.6 Å². The Morgan fingerprint density at radius 3 is 2.32 bits per heavy atom. The summed E-state index contributed by atoms with van der Waals surface area (Å²) in [6, 6.07) is 2.78. The van der Waals surface area contributed by atoms with Crippen molar-refractivity contribution >= 4 is 16.0 Å². The summed E-state index contributed by atoms with van der Waals surface area (Å²) in [5.74, 6) is -5.31. The first-order chi connectivity index (χ1) is 10.2. The molecular weight excluding hydrogens is 318 g/mol. The number of rotatable bonds is 3. The molecule has 2 atom stereocenters. The van der Waals surface area contributed by atoms with Gasteiger partial charge in [0.25, 0.3) is 0 Å². The van der Waals surface area contributed by atoms with Gasteiger partial charge in [-0.2, -0.15) is 9.57 Å². The molecule has 1 aliphatic rings. The van der Waals surface area contributed by atoms with Crippen molar-refractivity contribution in [2.75, 3.05) is 13.1 Å². The maximum atomic E-state index is 13.9. The Morgan fingerprint density at radius 1 is 1.36 bits per heavy atom. The highest BCUT2D eigenvalue weighted by Gasteiger charge is 2.42. The van der Waals surface area contributed by atoms with E-state index in [1.165, 1.54) is 6.07 Å². The summed E-state index contributed by atoms with van der Waals surface area (Å²) < 4.78 is 53.2. The van der Waals surface area contributed by atoms with Crippen LogP contribution in [-0.4, -0.2) is 36.9 Å². The van der Waals surface area contributed by atoms with E-state index in [1.54, 1.807) is 6.92 Å². The molecule has 6 nitrogen and oxygen atoms in total. The second-order valence-corrected chi connectivity index (χ2v) is 7.00. The van der Waals surface area contributed by atoms with Crippen LogP contribution in [0.1, 0.15) is 12.5 Å². The number of nitriles is 1. The topological polar surface area (TPSA) is 98.5 Å². The molecule has 0 saturated carbocycles. The van der Waals surface area contributed by atoms with Crippen LogP contribution in [0.2, 0.25) is 0 Å². The summed E-state index contributed by atoms with van der Waals surface area (Å²) in [5, 5.41) is 17.6. The Hall–Kier alpha value is -2.05. The van der Waals surface area contributed by atoms with E-state index in [4.69, 9.17) is 10.4 Å². The maximum Gasteiger partial charge on any atom is 0.308 e. The molecule has 1 aromatic carbocycles. The van der Waals surface area contributed by atoms with Crippen LogP contribution in [0.25, 0.3) is 0 Å². The number of aliphatic carboxylic acids is 1. The molecule has 1 fully saturated rings. The smallest absolute Gasteiger partial charge is 0.308 e. The molecular formula is C13H12F2N2O4S. The molecule has 1 saturated heterocycles. The fraction of sp³-hybridized carbons (Fsp3) is 0.385. The molecule has 1 N–H and O–H groups in total. The van der Waals surface area contributed by atoms with Gasteiger partial charge in [0.05, 0.1) is 17.6 Å². The maximum absolute atomic E-state index is 13.9. The number of carboxylic acid groups (broad SMARTS) is 1. The Labute approximate surface area is 125 Å². The summed E-state index contributed by atoms with van der Waals surface area (Å²) in [7, 11) is -4.51. The van der Waals surface area contributed by atoms with Gasteiger partial charge in [0.2, 0.25) is 10.0 Å². The van der Waals surface area contributed by atoms with Gasteiger partial charge >= 0.3 is 5.97 Å². The molecule has 1 aliphatic heterocycles. The minimum absolute atomic E-state index is 0.141. The molecule has 9 heteroatoms. The van der Waals surface area contributed by atoms with Crippen LogP contribution in [0.3, 0.4) is 0 Å². The lowest BCUT2D eigenvalue weighted by Crippen LogP contribution is -2.31. The van der Waals surface area contributed by atoms with Gasteiger partial charge in [0.15, 0.2) is 4.90 Å². The van der Waals surface area contributed by atoms with Gasteiger partial charge in [-0.05, 0) is 18.1 Å². The highest BCUT2D eigenvalue weighted by Crippen LogP contribution is 2.31. The molecule has 1 aromatic rings. The molecule has 0 bridgehead atoms. The number of nitrogens with zero attached hydrogens (tertiary/aromatic N) is 2. The zero-order chi connectivity index (χ0) is 16.7. The van der Waals surface area contributed by atoms with Gasteiger partial charge in [-0.15, -0.1) is 0 Å². The molecule has 22 heavy (non-hydrogen) atoms. The summed E-state index contributed by atoms with van der Waals surface area (Å²) in [4.78, 5) is 9.87. The Morgan fingerprint density at radius 2 is 1.91 bits per heavy atom. The van der Waals surface area contributed by atoms with Gasteiger partial charge in [0, 0.05) is 13.1 Å². The van der Waals surface area contributed by atoms with Gasteiger partial charge < -0.3 is 5.11 Å². The van der Waals surface area contributed by atoms with Crippen molar-refractivity contribution in [1.29, 1.82) is 5.26 Å². The highest BCUT2D eigenvalue weighted by molar-refractivity contribution is 7.89. The number of benzene rings is 1. The largest absolute Gasteiger partial charge is 0.481 e. The van der Waals surface area contributed by atoms with Crippen LogP contribution >= 0.6 is 0 Å². The zero-order valence-corrected chi connectivity index (χ0v) is 12.3. The lowest BCUT2D eigenvalue weighted by molar-refractivity contribution is -0.142. The summed E-state index contributed by atoms with van der Waals surface area (Å²) in [5.41, 5.74) is -0.341. The molecule has 0 aromatic heterocycles. The van der Waals surface area contributed by atoms with Crippen molar-refractivity contribution < 1.29 is 27.1 Å². The van der Waals surface area contributed by atoms with E-state index in [2.05, 4.69) is 0 Å². The van der Waals surface area contributed by atoms with Crippen molar-refractivity contribution in [2.24, 2.45) is 11.8 Å². The van der Waals surface area contributed by atoms with Crippen LogP contribution in [-0.2, 0) is 14.8 Å². The molecule has 0 amide bonds. The second-order valence-electron chi connectivity index (χ2n) is 5.12. The summed E-state index contributed by atoms with van der Waals surface area (Å²) in [6.45, 7) is 1.07. The number of carbonyl (C=O) groups is 1. The van der Waals surface area contributed by atoms with E-state index in [1.807, 2.05) is 0 Å². The number of halogens is 2. The van der Waals surface area contributed by atoms with Gasteiger partial charge in [-0.3, -0.25) is 4.79 Å². The van der Waals surface area contributed by atoms with Crippen molar-refractivity contribution in [3.05, 3.63) is 29.3 Å². The molecule has 0 radical (unpaired) electrons. The third-order valence-corrected chi connectivity index (χ3v) is 5.51. The fourth-order valence-corrected chi connectivity index (χ4v) is 4.10. The predicted molar refractivity (Wildman–Crippen MR) is 70.1 cm³/mol. The van der Waals surface area contributed by atoms with E-state index < -0.39 is 44.4 Å². The first-order valence-electron chi connectivity index (χ1n) is 6.30. The van der Waals surface area contributed by atoms with E-state index in [0.717, 1.165) is 4.31 Å². The lowest BCUT2D eigenvalue weighted by Gasteiger charge is -2.17. The van der Waals surface area contributed by atoms with E-state index >= 15 is 0 Å². The first-order valence-corrected chi connectivity index (χ1v) is 7.74. The van der Waals surface area contributed by atoms with E-state index in [9.17, 15) is 22.0 Å². The zero-order valence-electron chi connectivity index (χ0n) is 11.5. The third-order valence-electron chi connectivity index (χ3n) is 3.62. The molecule has 118 valence electrons. The van der Waals surface area contributed by atoms with Crippen molar-refractivity contribution in [3.8, 4) is 6.07 Å². The van der Waals surface area contributed by atoms with E-state index in [-0.39, 0.29) is 18.7 Å². The first kappa shape index (κ1) is 16.3. The molecule has 0 spiro atoms. The third kappa shape index (κ3) is 2.67. The van der Waals surface area contributed by atoms with Crippen LogP contribution in [0.5, 0.6) is 0 Å². The van der Waals surface area contributed by atoms with Gasteiger partial charge in [-0.1, -0.05) is 6.92 Å². The average Bonchev–Trinajstić information content (AvgIpc) is 2.80. The summed E-state index contributed by atoms with van der Waals surface area (Å²) >= 11 is 0. The van der Waals surface area contributed by atoms with Crippen LogP contribution in [0.15, 0.2) is 17.0 Å². The molecule has 0 aliphatic carbocycles. The normalized spacial score (nSPS) is 22.5. The minimum Gasteiger partial charge on any atom is -0.481 e. The summed E-state index contributed by atoms with van der Waals surface area (Å²) in [6.07, 6.45) is 0. The highest BCUT2D eigenvalue weighted by atomic mass is 32.2. The van der Waals surface area contributed by atoms with Gasteiger partial charge in [-0.25, -0.2) is 17.2 Å². The SMILES string of the molecule is C[C@@H]1CN(S(=O)(=O)c2c(F)cc(C#N)cc2F)C[C@H]1C(=O)O. The standard InChI is InChI=1S/C13H12F2N2O4S/c1-7-5-17(6-9(7)13(18)19)22(20,21)12-10(14)2-8(4-16)3-11(12)15/h2-3,7,9H,5-6H2,1H3,(H,18,19)/t7-,9-/m1/s1. The monoisotopic (exact) mass is 330 g/mol. The molecule has 0 unspecified atom stereocenters. The van der Waals surface area contributed by atoms with Crippen molar-refractivity contribution in [2.45, 2.75) is 11.8 Å². The number of hydrogen-bond acceptors (Lipinski definition) is 4. The predicted octanol–water partition coefficient (Wildman–Crippen LogP) is 1.18. The van der Waals surface area contributed by atoms with Crippen molar-refractivity contribution in [1.82, 2.24) is 4.31 Å². The Bertz CT molecular complexity index is 750. The lowest BCUT2D eigenvalue weighted by atomic mass is 9.99. The minimum atomic E-state index is -4.51. The van der Waals surface area contributed by atoms with E-state index in [0.29, 0.717) is 12.1 Å². The Balaban J connectivity index is 2.45. The fourth-order valence-electron chi connectivity index (χ4n) is 2.44. The van der Waals surface area contributed by atoms with Crippen LogP contribution in [0, 0.1) is 34.8 Å². The van der Waals surface area contributed by atoms with Crippen molar-refractivity contribution in [3.63, 3.8) is 0 Å². The second kappa shape index (κ2) is 5.62. The number of carboxylic acids is 1. The average molecular weight is 330 g/mol. The molecule has 2 rings (SSSR count). The van der Waals surface area contributed by atoms with Crippen LogP contribution in [0.4, 0.5) is 8.78 Å². The number of hydrogen-bond donors (Lipinski definition) is 1. The van der Waals surface area contributed by atoms with Crippen LogP contribution < -0.4 is 0 Å². The quantitative estimate of drug-likeness (QED) is 0.897. The molecule has 1 heterocycles. The Kier molecular flexibility index (Phi) is 4.17. The number of sulfonamides is 1.